The Balaban J connectivity index is 1.42. The molecule has 0 saturated carbocycles. The Bertz CT molecular complexity index is 1330. The lowest BCUT2D eigenvalue weighted by atomic mass is 9.80. The Morgan fingerprint density at radius 3 is 1.47 bits per heavy atom. The molecule has 2 aliphatic rings. The van der Waals surface area contributed by atoms with E-state index in [1.54, 1.807) is 0 Å². The molecule has 0 bridgehead atoms. The Morgan fingerprint density at radius 2 is 1.06 bits per heavy atom. The smallest absolute Gasteiger partial charge is 0.124 e. The molecule has 0 unspecified atom stereocenters. The van der Waals surface area contributed by atoms with Gasteiger partial charge in [-0.25, -0.2) is 0 Å². The third-order valence-electron chi connectivity index (χ3n) is 7.59. The zero-order valence-electron chi connectivity index (χ0n) is 21.2. The quantitative estimate of drug-likeness (QED) is 0.313. The second kappa shape index (κ2) is 7.25. The van der Waals surface area contributed by atoms with Gasteiger partial charge in [0.2, 0.25) is 0 Å². The average Bonchev–Trinajstić information content (AvgIpc) is 3.26. The summed E-state index contributed by atoms with van der Waals surface area (Å²) in [7, 11) is 0. The van der Waals surface area contributed by atoms with Gasteiger partial charge in [0, 0.05) is 29.9 Å². The zero-order chi connectivity index (χ0) is 23.8. The van der Waals surface area contributed by atoms with E-state index in [-0.39, 0.29) is 11.2 Å². The van der Waals surface area contributed by atoms with Crippen LogP contribution in [0.25, 0.3) is 21.5 Å². The Kier molecular flexibility index (Phi) is 4.59. The van der Waals surface area contributed by atoms with Gasteiger partial charge in [0.15, 0.2) is 0 Å². The van der Waals surface area contributed by atoms with Crippen LogP contribution in [0.3, 0.4) is 0 Å². The van der Waals surface area contributed by atoms with Gasteiger partial charge in [-0.1, -0.05) is 62.4 Å². The molecule has 4 aromatic rings. The van der Waals surface area contributed by atoms with Gasteiger partial charge >= 0.3 is 0 Å². The van der Waals surface area contributed by atoms with Gasteiger partial charge in [0.05, 0.1) is 0 Å². The van der Waals surface area contributed by atoms with E-state index in [0.29, 0.717) is 11.8 Å². The van der Waals surface area contributed by atoms with Crippen LogP contribution in [0.4, 0.5) is 0 Å². The lowest BCUT2D eigenvalue weighted by molar-refractivity contribution is 0.138. The van der Waals surface area contributed by atoms with Gasteiger partial charge in [0.25, 0.3) is 0 Å². The summed E-state index contributed by atoms with van der Waals surface area (Å²) in [6.45, 7) is 13.3. The number of benzene rings is 4. The highest BCUT2D eigenvalue weighted by Gasteiger charge is 2.32. The van der Waals surface area contributed by atoms with E-state index >= 15 is 0 Å². The second-order valence-electron chi connectivity index (χ2n) is 11.8. The summed E-state index contributed by atoms with van der Waals surface area (Å²) < 4.78 is 12.3. The molecule has 2 nitrogen and oxygen atoms in total. The average molecular weight is 451 g/mol. The maximum Gasteiger partial charge on any atom is 0.124 e. The van der Waals surface area contributed by atoms with Crippen molar-refractivity contribution < 1.29 is 9.47 Å². The third kappa shape index (κ3) is 3.47. The molecular formula is C32H34O2. The highest BCUT2D eigenvalue weighted by molar-refractivity contribution is 5.90. The van der Waals surface area contributed by atoms with Crippen molar-refractivity contribution in [3.63, 3.8) is 0 Å². The fourth-order valence-electron chi connectivity index (χ4n) is 6.21. The summed E-state index contributed by atoms with van der Waals surface area (Å²) in [5.74, 6) is 2.92. The number of ether oxygens (including phenoxy) is 2. The molecule has 2 aliphatic heterocycles. The molecule has 0 saturated heterocycles. The molecule has 0 N–H and O–H groups in total. The summed E-state index contributed by atoms with van der Waals surface area (Å²) in [6, 6.07) is 22.9. The van der Waals surface area contributed by atoms with Gasteiger partial charge in [-0.05, 0) is 78.4 Å². The first-order valence-corrected chi connectivity index (χ1v) is 12.6. The first kappa shape index (κ1) is 21.5. The monoisotopic (exact) mass is 450 g/mol. The molecule has 0 atom stereocenters. The van der Waals surface area contributed by atoms with Crippen molar-refractivity contribution in [2.24, 2.45) is 5.92 Å². The van der Waals surface area contributed by atoms with E-state index in [1.807, 2.05) is 0 Å². The second-order valence-corrected chi connectivity index (χ2v) is 11.8. The Labute approximate surface area is 202 Å². The number of hydrogen-bond acceptors (Lipinski definition) is 2. The van der Waals surface area contributed by atoms with Gasteiger partial charge in [-0.3, -0.25) is 0 Å². The topological polar surface area (TPSA) is 18.5 Å². The van der Waals surface area contributed by atoms with E-state index in [2.05, 4.69) is 102 Å². The predicted molar refractivity (Wildman–Crippen MR) is 141 cm³/mol. The summed E-state index contributed by atoms with van der Waals surface area (Å²) in [5.41, 5.74) is 5.21. The molecule has 2 heteroatoms. The maximum absolute atomic E-state index is 6.16. The first-order valence-electron chi connectivity index (χ1n) is 12.6. The van der Waals surface area contributed by atoms with E-state index in [1.165, 1.54) is 43.8 Å². The predicted octanol–water partition coefficient (Wildman–Crippen LogP) is 8.21. The molecular weight excluding hydrogens is 416 g/mol. The minimum absolute atomic E-state index is 0.124. The van der Waals surface area contributed by atoms with Gasteiger partial charge < -0.3 is 9.47 Å². The van der Waals surface area contributed by atoms with Gasteiger partial charge in [0.1, 0.15) is 22.7 Å². The van der Waals surface area contributed by atoms with Crippen molar-refractivity contribution in [3.05, 3.63) is 82.9 Å². The van der Waals surface area contributed by atoms with Crippen LogP contribution in [0, 0.1) is 5.92 Å². The molecule has 174 valence electrons. The van der Waals surface area contributed by atoms with Crippen molar-refractivity contribution in [1.82, 2.24) is 0 Å². The molecule has 6 rings (SSSR count). The zero-order valence-corrected chi connectivity index (χ0v) is 21.2. The summed E-state index contributed by atoms with van der Waals surface area (Å²) >= 11 is 0. The molecule has 34 heavy (non-hydrogen) atoms. The summed E-state index contributed by atoms with van der Waals surface area (Å²) in [5, 5.41) is 5.26. The molecule has 0 spiro atoms. The molecule has 0 aromatic heterocycles. The molecule has 0 fully saturated rings. The van der Waals surface area contributed by atoms with Crippen LogP contribution in [0.5, 0.6) is 11.5 Å². The van der Waals surface area contributed by atoms with E-state index in [0.717, 1.165) is 24.3 Å². The third-order valence-corrected chi connectivity index (χ3v) is 7.59. The molecule has 4 aromatic carbocycles. The highest BCUT2D eigenvalue weighted by atomic mass is 16.5. The Morgan fingerprint density at radius 1 is 0.618 bits per heavy atom. The van der Waals surface area contributed by atoms with E-state index < -0.39 is 0 Å². The fourth-order valence-corrected chi connectivity index (χ4v) is 6.21. The fraction of sp³-hybridized carbons (Fsp3) is 0.375. The van der Waals surface area contributed by atoms with E-state index in [4.69, 9.17) is 9.47 Å². The molecule has 0 radical (unpaired) electrons. The summed E-state index contributed by atoms with van der Waals surface area (Å²) in [4.78, 5) is 0. The minimum Gasteiger partial charge on any atom is -0.487 e. The van der Waals surface area contributed by atoms with Crippen LogP contribution >= 0.6 is 0 Å². The highest BCUT2D eigenvalue weighted by Crippen LogP contribution is 2.43. The van der Waals surface area contributed by atoms with Crippen LogP contribution in [0.1, 0.15) is 69.7 Å². The van der Waals surface area contributed by atoms with Crippen molar-refractivity contribution in [2.45, 2.75) is 71.5 Å². The number of fused-ring (bicyclic) bond motifs is 6. The number of rotatable bonds is 3. The Hall–Kier alpha value is -3.00. The van der Waals surface area contributed by atoms with Gasteiger partial charge in [-0.15, -0.1) is 0 Å². The normalized spacial score (nSPS) is 17.8. The van der Waals surface area contributed by atoms with Gasteiger partial charge in [-0.2, -0.15) is 0 Å². The molecule has 2 heterocycles. The van der Waals surface area contributed by atoms with Crippen LogP contribution in [0.2, 0.25) is 0 Å². The van der Waals surface area contributed by atoms with Crippen molar-refractivity contribution >= 4 is 21.5 Å². The molecule has 0 aliphatic carbocycles. The standard InChI is InChI=1S/C32H34O2/c1-19(2)30(22-7-11-24-20(15-22)9-13-28-26(24)17-31(3,4)33-28)23-8-12-25-21(16-23)10-14-29-27(25)18-32(5,6)34-29/h7-16,19,30H,17-18H2,1-6H3. The van der Waals surface area contributed by atoms with Crippen molar-refractivity contribution in [2.75, 3.05) is 0 Å². The van der Waals surface area contributed by atoms with Crippen molar-refractivity contribution in [3.8, 4) is 11.5 Å². The minimum atomic E-state index is -0.124. The van der Waals surface area contributed by atoms with Crippen LogP contribution in [0.15, 0.2) is 60.7 Å². The van der Waals surface area contributed by atoms with Crippen LogP contribution in [-0.2, 0) is 12.8 Å². The van der Waals surface area contributed by atoms with E-state index in [9.17, 15) is 0 Å². The lowest BCUT2D eigenvalue weighted by Crippen LogP contribution is -2.24. The molecule has 0 amide bonds. The lowest BCUT2D eigenvalue weighted by Gasteiger charge is -2.23. The van der Waals surface area contributed by atoms with Crippen molar-refractivity contribution in [1.29, 1.82) is 0 Å². The summed E-state index contributed by atoms with van der Waals surface area (Å²) in [6.07, 6.45) is 1.92. The number of hydrogen-bond donors (Lipinski definition) is 0. The SMILES string of the molecule is CC(C)C(c1ccc2c3c(ccc2c1)OC(C)(C)C3)c1ccc2c3c(ccc2c1)OC(C)(C)C3. The largest absolute Gasteiger partial charge is 0.487 e. The van der Waals surface area contributed by atoms with Crippen LogP contribution in [-0.4, -0.2) is 11.2 Å². The maximum atomic E-state index is 6.16. The first-order chi connectivity index (χ1) is 16.1. The van der Waals surface area contributed by atoms with Crippen LogP contribution < -0.4 is 9.47 Å².